The molecule has 9 heteroatoms. The van der Waals surface area contributed by atoms with E-state index in [-0.39, 0.29) is 17.3 Å². The van der Waals surface area contributed by atoms with E-state index < -0.39 is 16.0 Å². The van der Waals surface area contributed by atoms with Gasteiger partial charge in [-0.1, -0.05) is 12.1 Å². The van der Waals surface area contributed by atoms with Crippen molar-refractivity contribution in [2.75, 3.05) is 32.9 Å². The minimum atomic E-state index is -3.57. The average Bonchev–Trinajstić information content (AvgIpc) is 2.83. The van der Waals surface area contributed by atoms with E-state index in [2.05, 4.69) is 0 Å². The van der Waals surface area contributed by atoms with Crippen LogP contribution in [0.15, 0.2) is 53.4 Å². The number of ether oxygens (including phenoxy) is 3. The first kappa shape index (κ1) is 24.6. The van der Waals surface area contributed by atoms with E-state index in [0.29, 0.717) is 55.4 Å². The molecule has 0 spiro atoms. The van der Waals surface area contributed by atoms with E-state index in [1.165, 1.54) is 29.4 Å². The smallest absolute Gasteiger partial charge is 0.331 e. The maximum Gasteiger partial charge on any atom is 0.331 e. The highest BCUT2D eigenvalue weighted by Crippen LogP contribution is 2.22. The van der Waals surface area contributed by atoms with Gasteiger partial charge in [0.15, 0.2) is 5.78 Å². The van der Waals surface area contributed by atoms with Crippen molar-refractivity contribution in [3.05, 3.63) is 65.2 Å². The summed E-state index contributed by atoms with van der Waals surface area (Å²) >= 11 is 0. The van der Waals surface area contributed by atoms with Crippen LogP contribution in [-0.2, 0) is 30.9 Å². The second-order valence-corrected chi connectivity index (χ2v) is 9.28. The standard InChI is InChI=1S/C24H27NO7S/c1-3-31-23-10-7-20(18(2)26)16-21(23)17-32-24(27)11-6-19-4-8-22(9-5-19)33(28,29)25-12-14-30-15-13-25/h4-11,16H,3,12-15,17H2,1-2H3/b11-6+. The van der Waals surface area contributed by atoms with E-state index in [9.17, 15) is 18.0 Å². The van der Waals surface area contributed by atoms with Crippen LogP contribution in [-0.4, -0.2) is 57.4 Å². The van der Waals surface area contributed by atoms with E-state index in [4.69, 9.17) is 14.2 Å². The number of hydrogen-bond acceptors (Lipinski definition) is 7. The monoisotopic (exact) mass is 473 g/mol. The maximum atomic E-state index is 12.7. The van der Waals surface area contributed by atoms with Crippen LogP contribution in [0.5, 0.6) is 5.75 Å². The van der Waals surface area contributed by atoms with Crippen LogP contribution in [0.3, 0.4) is 0 Å². The van der Waals surface area contributed by atoms with Crippen molar-refractivity contribution >= 4 is 27.9 Å². The average molecular weight is 474 g/mol. The fourth-order valence-corrected chi connectivity index (χ4v) is 4.66. The predicted molar refractivity (Wildman–Crippen MR) is 122 cm³/mol. The number of morpholine rings is 1. The summed E-state index contributed by atoms with van der Waals surface area (Å²) < 4.78 is 42.8. The molecule has 1 saturated heterocycles. The van der Waals surface area contributed by atoms with Crippen molar-refractivity contribution in [2.45, 2.75) is 25.3 Å². The topological polar surface area (TPSA) is 99.2 Å². The van der Waals surface area contributed by atoms with Gasteiger partial charge in [0.25, 0.3) is 0 Å². The number of nitrogens with zero attached hydrogens (tertiary/aromatic N) is 1. The number of carbonyl (C=O) groups is 2. The highest BCUT2D eigenvalue weighted by atomic mass is 32.2. The molecule has 1 aliphatic heterocycles. The molecule has 0 bridgehead atoms. The molecule has 176 valence electrons. The van der Waals surface area contributed by atoms with Crippen molar-refractivity contribution in [2.24, 2.45) is 0 Å². The SMILES string of the molecule is CCOc1ccc(C(C)=O)cc1COC(=O)/C=C/c1ccc(S(=O)(=O)N2CCOCC2)cc1. The van der Waals surface area contributed by atoms with Crippen LogP contribution >= 0.6 is 0 Å². The Morgan fingerprint density at radius 2 is 1.79 bits per heavy atom. The first-order chi connectivity index (χ1) is 15.8. The fourth-order valence-electron chi connectivity index (χ4n) is 3.26. The van der Waals surface area contributed by atoms with Crippen molar-refractivity contribution in [1.29, 1.82) is 0 Å². The molecule has 2 aromatic carbocycles. The third-order valence-electron chi connectivity index (χ3n) is 5.04. The number of benzene rings is 2. The lowest BCUT2D eigenvalue weighted by Crippen LogP contribution is -2.40. The van der Waals surface area contributed by atoms with Gasteiger partial charge < -0.3 is 14.2 Å². The second-order valence-electron chi connectivity index (χ2n) is 7.34. The lowest BCUT2D eigenvalue weighted by atomic mass is 10.1. The van der Waals surface area contributed by atoms with Crippen molar-refractivity contribution in [3.63, 3.8) is 0 Å². The first-order valence-corrected chi connectivity index (χ1v) is 12.0. The molecule has 1 fully saturated rings. The van der Waals surface area contributed by atoms with Crippen LogP contribution in [0, 0.1) is 0 Å². The highest BCUT2D eigenvalue weighted by molar-refractivity contribution is 7.89. The van der Waals surface area contributed by atoms with Gasteiger partial charge in [-0.15, -0.1) is 0 Å². The number of sulfonamides is 1. The first-order valence-electron chi connectivity index (χ1n) is 10.6. The molecule has 1 aliphatic rings. The second kappa shape index (κ2) is 11.2. The molecule has 0 radical (unpaired) electrons. The molecule has 0 atom stereocenters. The van der Waals surface area contributed by atoms with E-state index in [1.807, 2.05) is 6.92 Å². The Labute approximate surface area is 193 Å². The Balaban J connectivity index is 1.62. The summed E-state index contributed by atoms with van der Waals surface area (Å²) in [7, 11) is -3.57. The van der Waals surface area contributed by atoms with Crippen molar-refractivity contribution in [1.82, 2.24) is 4.31 Å². The molecule has 0 N–H and O–H groups in total. The number of esters is 1. The van der Waals surface area contributed by atoms with Gasteiger partial charge in [0, 0.05) is 30.3 Å². The van der Waals surface area contributed by atoms with Gasteiger partial charge in [-0.3, -0.25) is 4.79 Å². The molecule has 1 heterocycles. The lowest BCUT2D eigenvalue weighted by molar-refractivity contribution is -0.138. The zero-order valence-corrected chi connectivity index (χ0v) is 19.5. The van der Waals surface area contributed by atoms with Gasteiger partial charge in [0.2, 0.25) is 10.0 Å². The molecule has 0 aliphatic carbocycles. The minimum absolute atomic E-state index is 0.0453. The molecule has 3 rings (SSSR count). The predicted octanol–water partition coefficient (Wildman–Crippen LogP) is 3.07. The molecule has 2 aromatic rings. The molecule has 0 amide bonds. The van der Waals surface area contributed by atoms with E-state index in [1.54, 1.807) is 36.4 Å². The zero-order valence-electron chi connectivity index (χ0n) is 18.7. The van der Waals surface area contributed by atoms with Crippen LogP contribution in [0.1, 0.15) is 35.3 Å². The Hall–Kier alpha value is -3.01. The van der Waals surface area contributed by atoms with Gasteiger partial charge >= 0.3 is 5.97 Å². The molecule has 0 saturated carbocycles. The summed E-state index contributed by atoms with van der Waals surface area (Å²) in [6.45, 7) is 5.13. The van der Waals surface area contributed by atoms with E-state index >= 15 is 0 Å². The Morgan fingerprint density at radius 1 is 1.09 bits per heavy atom. The quantitative estimate of drug-likeness (QED) is 0.314. The van der Waals surface area contributed by atoms with Crippen molar-refractivity contribution < 1.29 is 32.2 Å². The maximum absolute atomic E-state index is 12.7. The third-order valence-corrected chi connectivity index (χ3v) is 6.95. The molecule has 0 aromatic heterocycles. The van der Waals surface area contributed by atoms with Gasteiger partial charge in [-0.05, 0) is 55.8 Å². The Kier molecular flexibility index (Phi) is 8.37. The number of Topliss-reactive ketones (excluding diaryl/α,β-unsaturated/α-hetero) is 1. The largest absolute Gasteiger partial charge is 0.493 e. The molecule has 8 nitrogen and oxygen atoms in total. The summed E-state index contributed by atoms with van der Waals surface area (Å²) in [6, 6.07) is 11.3. The Bertz CT molecular complexity index is 1120. The molecule has 33 heavy (non-hydrogen) atoms. The molecular weight excluding hydrogens is 446 g/mol. The van der Waals surface area contributed by atoms with E-state index in [0.717, 1.165) is 0 Å². The van der Waals surface area contributed by atoms with Gasteiger partial charge in [0.05, 0.1) is 24.7 Å². The minimum Gasteiger partial charge on any atom is -0.493 e. The van der Waals surface area contributed by atoms with Gasteiger partial charge in [0.1, 0.15) is 12.4 Å². The normalized spacial score (nSPS) is 14.8. The summed E-state index contributed by atoms with van der Waals surface area (Å²) in [4.78, 5) is 24.0. The number of ketones is 1. The summed E-state index contributed by atoms with van der Waals surface area (Å²) in [5, 5.41) is 0. The lowest BCUT2D eigenvalue weighted by Gasteiger charge is -2.26. The highest BCUT2D eigenvalue weighted by Gasteiger charge is 2.25. The number of rotatable bonds is 9. The Morgan fingerprint density at radius 3 is 2.42 bits per heavy atom. The van der Waals surface area contributed by atoms with Crippen LogP contribution in [0.25, 0.3) is 6.08 Å². The van der Waals surface area contributed by atoms with Gasteiger partial charge in [-0.25, -0.2) is 13.2 Å². The molecular formula is C24H27NO7S. The van der Waals surface area contributed by atoms with Crippen LogP contribution < -0.4 is 4.74 Å². The van der Waals surface area contributed by atoms with Crippen molar-refractivity contribution in [3.8, 4) is 5.75 Å². The third kappa shape index (κ3) is 6.50. The summed E-state index contributed by atoms with van der Waals surface area (Å²) in [5.74, 6) is -0.114. The van der Waals surface area contributed by atoms with Gasteiger partial charge in [-0.2, -0.15) is 4.31 Å². The summed E-state index contributed by atoms with van der Waals surface area (Å²) in [6.07, 6.45) is 2.81. The van der Waals surface area contributed by atoms with Crippen LogP contribution in [0.2, 0.25) is 0 Å². The number of carbonyl (C=O) groups excluding carboxylic acids is 2. The fraction of sp³-hybridized carbons (Fsp3) is 0.333. The zero-order chi connectivity index (χ0) is 23.8. The summed E-state index contributed by atoms with van der Waals surface area (Å²) in [5.41, 5.74) is 1.76. The molecule has 0 unspecified atom stereocenters. The van der Waals surface area contributed by atoms with Crippen LogP contribution in [0.4, 0.5) is 0 Å². The number of hydrogen-bond donors (Lipinski definition) is 0.